The van der Waals surface area contributed by atoms with Gasteiger partial charge in [0.05, 0.1) is 11.1 Å². The maximum absolute atomic E-state index is 13.2. The number of imide groups is 1. The van der Waals surface area contributed by atoms with E-state index in [1.807, 2.05) is 0 Å². The Balaban J connectivity index is 0.00000289. The molecule has 3 amide bonds. The topological polar surface area (TPSA) is 136 Å². The number of nitrogens with two attached hydrogens (primary N) is 1. The highest BCUT2D eigenvalue weighted by Gasteiger charge is 2.30. The number of anilines is 1. The van der Waals surface area contributed by atoms with Crippen LogP contribution in [0.3, 0.4) is 0 Å². The van der Waals surface area contributed by atoms with E-state index < -0.39 is 17.5 Å². The second-order valence-corrected chi connectivity index (χ2v) is 7.36. The van der Waals surface area contributed by atoms with E-state index in [4.69, 9.17) is 5.73 Å². The van der Waals surface area contributed by atoms with Crippen LogP contribution in [0.1, 0.15) is 40.6 Å². The monoisotopic (exact) mass is 455 g/mol. The Morgan fingerprint density at radius 2 is 1.91 bits per heavy atom. The summed E-state index contributed by atoms with van der Waals surface area (Å²) in [6.45, 7) is 2.00. The molecule has 10 heteroatoms. The lowest BCUT2D eigenvalue weighted by Gasteiger charge is -2.24. The number of aryl methyl sites for hydroxylation is 1. The van der Waals surface area contributed by atoms with Gasteiger partial charge in [-0.1, -0.05) is 18.2 Å². The molecule has 2 aromatic carbocycles. The summed E-state index contributed by atoms with van der Waals surface area (Å²) in [5, 5.41) is 5.34. The molecule has 3 aromatic rings. The number of benzene rings is 2. The summed E-state index contributed by atoms with van der Waals surface area (Å²) in [5.41, 5.74) is 7.27. The third-order valence-electron chi connectivity index (χ3n) is 5.33. The molecule has 0 bridgehead atoms. The van der Waals surface area contributed by atoms with Crippen molar-refractivity contribution in [2.75, 3.05) is 5.32 Å². The van der Waals surface area contributed by atoms with Gasteiger partial charge in [-0.25, -0.2) is 4.98 Å². The van der Waals surface area contributed by atoms with Gasteiger partial charge in [0.25, 0.3) is 11.5 Å². The van der Waals surface area contributed by atoms with Crippen molar-refractivity contribution in [2.45, 2.75) is 32.4 Å². The zero-order valence-electron chi connectivity index (χ0n) is 17.3. The standard InChI is InChI=1S/C22H21N5O4.ClH/c1-12-24-19-15(22(31)27(12)17-9-10-18(28)26-21(17)30)3-2-4-16(19)25-20(29)14-7-5-13(11-23)6-8-14;/h2-8,17H,9-11,23H2,1H3,(H,25,29)(H,26,28,30);1H. The summed E-state index contributed by atoms with van der Waals surface area (Å²) in [4.78, 5) is 54.1. The van der Waals surface area contributed by atoms with Crippen molar-refractivity contribution in [1.29, 1.82) is 0 Å². The number of fused-ring (bicyclic) bond motifs is 1. The van der Waals surface area contributed by atoms with Crippen LogP contribution in [-0.2, 0) is 16.1 Å². The van der Waals surface area contributed by atoms with E-state index in [1.54, 1.807) is 49.4 Å². The molecule has 1 unspecified atom stereocenters. The molecule has 1 fully saturated rings. The molecule has 2 heterocycles. The lowest BCUT2D eigenvalue weighted by molar-refractivity contribution is -0.135. The maximum Gasteiger partial charge on any atom is 0.262 e. The molecule has 4 N–H and O–H groups in total. The summed E-state index contributed by atoms with van der Waals surface area (Å²) in [6.07, 6.45) is 0.382. The SMILES string of the molecule is Cc1nc2c(NC(=O)c3ccc(CN)cc3)cccc2c(=O)n1C1CCC(=O)NC1=O.Cl. The minimum atomic E-state index is -0.804. The van der Waals surface area contributed by atoms with Crippen molar-refractivity contribution in [3.8, 4) is 0 Å². The molecule has 1 aliphatic heterocycles. The number of hydrogen-bond donors (Lipinski definition) is 3. The normalized spacial score (nSPS) is 15.8. The van der Waals surface area contributed by atoms with Crippen LogP contribution in [-0.4, -0.2) is 27.3 Å². The van der Waals surface area contributed by atoms with Crippen LogP contribution < -0.4 is 21.9 Å². The fourth-order valence-electron chi connectivity index (χ4n) is 3.71. The zero-order valence-corrected chi connectivity index (χ0v) is 18.1. The van der Waals surface area contributed by atoms with E-state index in [0.29, 0.717) is 29.1 Å². The van der Waals surface area contributed by atoms with Crippen molar-refractivity contribution in [1.82, 2.24) is 14.9 Å². The van der Waals surface area contributed by atoms with Gasteiger partial charge in [0.15, 0.2) is 0 Å². The molecule has 32 heavy (non-hydrogen) atoms. The Morgan fingerprint density at radius 1 is 1.19 bits per heavy atom. The van der Waals surface area contributed by atoms with Gasteiger partial charge in [-0.15, -0.1) is 12.4 Å². The van der Waals surface area contributed by atoms with Crippen molar-refractivity contribution < 1.29 is 14.4 Å². The predicted molar refractivity (Wildman–Crippen MR) is 122 cm³/mol. The summed E-state index contributed by atoms with van der Waals surface area (Å²) < 4.78 is 1.31. The number of hydrogen-bond acceptors (Lipinski definition) is 6. The van der Waals surface area contributed by atoms with E-state index in [1.165, 1.54) is 4.57 Å². The van der Waals surface area contributed by atoms with Gasteiger partial charge < -0.3 is 11.1 Å². The van der Waals surface area contributed by atoms with E-state index in [0.717, 1.165) is 5.56 Å². The van der Waals surface area contributed by atoms with Crippen LogP contribution in [0.25, 0.3) is 10.9 Å². The van der Waals surface area contributed by atoms with Gasteiger partial charge in [0.1, 0.15) is 17.4 Å². The van der Waals surface area contributed by atoms with Crippen LogP contribution in [0.2, 0.25) is 0 Å². The number of nitrogens with zero attached hydrogens (tertiary/aromatic N) is 2. The largest absolute Gasteiger partial charge is 0.326 e. The third kappa shape index (κ3) is 4.25. The molecule has 4 rings (SSSR count). The molecule has 9 nitrogen and oxygen atoms in total. The molecule has 0 spiro atoms. The van der Waals surface area contributed by atoms with Crippen molar-refractivity contribution in [3.05, 3.63) is 69.8 Å². The van der Waals surface area contributed by atoms with Gasteiger partial charge in [-0.05, 0) is 43.2 Å². The fraction of sp³-hybridized carbons (Fsp3) is 0.227. The average Bonchev–Trinajstić information content (AvgIpc) is 2.76. The molecule has 1 atom stereocenters. The van der Waals surface area contributed by atoms with E-state index in [2.05, 4.69) is 15.6 Å². The van der Waals surface area contributed by atoms with Gasteiger partial charge in [0.2, 0.25) is 11.8 Å². The second kappa shape index (κ2) is 9.29. The predicted octanol–water partition coefficient (Wildman–Crippen LogP) is 1.82. The molecule has 0 radical (unpaired) electrons. The van der Waals surface area contributed by atoms with Gasteiger partial charge in [0, 0.05) is 18.5 Å². The van der Waals surface area contributed by atoms with Crippen molar-refractivity contribution >= 4 is 46.7 Å². The summed E-state index contributed by atoms with van der Waals surface area (Å²) in [6, 6.07) is 11.0. The lowest BCUT2D eigenvalue weighted by Crippen LogP contribution is -2.45. The first-order valence-corrected chi connectivity index (χ1v) is 9.85. The number of piperidine rings is 1. The quantitative estimate of drug-likeness (QED) is 0.513. The van der Waals surface area contributed by atoms with Crippen molar-refractivity contribution in [3.63, 3.8) is 0 Å². The van der Waals surface area contributed by atoms with E-state index in [9.17, 15) is 19.2 Å². The molecule has 1 aromatic heterocycles. The smallest absolute Gasteiger partial charge is 0.262 e. The van der Waals surface area contributed by atoms with E-state index >= 15 is 0 Å². The summed E-state index contributed by atoms with van der Waals surface area (Å²) >= 11 is 0. The Labute approximate surface area is 189 Å². The van der Waals surface area contributed by atoms with Gasteiger partial charge >= 0.3 is 0 Å². The number of carbonyl (C=O) groups is 3. The second-order valence-electron chi connectivity index (χ2n) is 7.36. The number of nitrogens with one attached hydrogen (secondary N) is 2. The molecule has 0 saturated carbocycles. The Hall–Kier alpha value is -3.56. The summed E-state index contributed by atoms with van der Waals surface area (Å²) in [7, 11) is 0. The minimum absolute atomic E-state index is 0. The highest BCUT2D eigenvalue weighted by Crippen LogP contribution is 2.24. The number of aromatic nitrogens is 2. The molecular weight excluding hydrogens is 434 g/mol. The Bertz CT molecular complexity index is 1270. The first kappa shape index (κ1) is 23.1. The van der Waals surface area contributed by atoms with Gasteiger partial charge in [-0.2, -0.15) is 0 Å². The lowest BCUT2D eigenvalue weighted by atomic mass is 10.1. The first-order valence-electron chi connectivity index (χ1n) is 9.85. The van der Waals surface area contributed by atoms with Crippen LogP contribution in [0.5, 0.6) is 0 Å². The molecule has 166 valence electrons. The van der Waals surface area contributed by atoms with E-state index in [-0.39, 0.29) is 42.4 Å². The fourth-order valence-corrected chi connectivity index (χ4v) is 3.71. The van der Waals surface area contributed by atoms with Crippen LogP contribution >= 0.6 is 12.4 Å². The van der Waals surface area contributed by atoms with Gasteiger partial charge in [-0.3, -0.25) is 29.1 Å². The summed E-state index contributed by atoms with van der Waals surface area (Å²) in [5.74, 6) is -0.899. The first-order chi connectivity index (χ1) is 14.9. The molecular formula is C22H22ClN5O4. The van der Waals surface area contributed by atoms with Crippen molar-refractivity contribution in [2.24, 2.45) is 5.73 Å². The maximum atomic E-state index is 13.2. The third-order valence-corrected chi connectivity index (χ3v) is 5.33. The Kier molecular flexibility index (Phi) is 6.71. The van der Waals surface area contributed by atoms with Crippen LogP contribution in [0.4, 0.5) is 5.69 Å². The molecule has 1 saturated heterocycles. The van der Waals surface area contributed by atoms with Crippen LogP contribution in [0.15, 0.2) is 47.3 Å². The zero-order chi connectivity index (χ0) is 22.1. The number of carbonyl (C=O) groups excluding carboxylic acids is 3. The highest BCUT2D eigenvalue weighted by atomic mass is 35.5. The Morgan fingerprint density at radius 3 is 2.56 bits per heavy atom. The molecule has 1 aliphatic rings. The highest BCUT2D eigenvalue weighted by molar-refractivity contribution is 6.08. The number of para-hydroxylation sites is 1. The number of amides is 3. The number of halogens is 1. The molecule has 0 aliphatic carbocycles. The van der Waals surface area contributed by atoms with Crippen LogP contribution in [0, 0.1) is 6.92 Å². The number of rotatable bonds is 4. The minimum Gasteiger partial charge on any atom is -0.326 e. The average molecular weight is 456 g/mol.